The van der Waals surface area contributed by atoms with Gasteiger partial charge in [0.25, 0.3) is 0 Å². The number of rotatable bonds is 7. The van der Waals surface area contributed by atoms with Gasteiger partial charge >= 0.3 is 5.97 Å². The number of thioether (sulfide) groups is 1. The lowest BCUT2D eigenvalue weighted by atomic mass is 10.2. The zero-order valence-corrected chi connectivity index (χ0v) is 12.3. The topological polar surface area (TPSA) is 57.6 Å². The molecule has 0 unspecified atom stereocenters. The number of amides is 1. The monoisotopic (exact) mass is 311 g/mol. The zero-order chi connectivity index (χ0) is 15.0. The van der Waals surface area contributed by atoms with Crippen LogP contribution in [0.25, 0.3) is 0 Å². The maximum absolute atomic E-state index is 11.8. The Morgan fingerprint density at radius 2 is 2.20 bits per heavy atom. The highest BCUT2D eigenvalue weighted by Gasteiger charge is 2.15. The van der Waals surface area contributed by atoms with Crippen LogP contribution in [0.4, 0.5) is 0 Å². The maximum Gasteiger partial charge on any atom is 0.323 e. The van der Waals surface area contributed by atoms with Crippen LogP contribution in [0.5, 0.6) is 0 Å². The third-order valence-corrected chi connectivity index (χ3v) is 3.57. The minimum atomic E-state index is -1.08. The minimum absolute atomic E-state index is 0.00284. The third-order valence-electron chi connectivity index (χ3n) is 2.34. The van der Waals surface area contributed by atoms with Crippen LogP contribution < -0.4 is 0 Å². The number of carboxylic acids is 1. The normalized spacial score (nSPS) is 9.80. The molecule has 4 nitrogen and oxygen atoms in total. The predicted octanol–water partition coefficient (Wildman–Crippen LogP) is 2.12. The van der Waals surface area contributed by atoms with Crippen LogP contribution in [0.15, 0.2) is 24.3 Å². The van der Waals surface area contributed by atoms with Crippen LogP contribution in [-0.2, 0) is 15.3 Å². The van der Waals surface area contributed by atoms with Crippen molar-refractivity contribution in [3.63, 3.8) is 0 Å². The van der Waals surface area contributed by atoms with Gasteiger partial charge in [0, 0.05) is 10.8 Å². The zero-order valence-electron chi connectivity index (χ0n) is 10.7. The van der Waals surface area contributed by atoms with Crippen LogP contribution in [0, 0.1) is 12.3 Å². The van der Waals surface area contributed by atoms with Crippen molar-refractivity contribution < 1.29 is 14.7 Å². The summed E-state index contributed by atoms with van der Waals surface area (Å²) in [6, 6.07) is 7.37. The van der Waals surface area contributed by atoms with Crippen LogP contribution in [0.1, 0.15) is 5.56 Å². The van der Waals surface area contributed by atoms with Crippen molar-refractivity contribution in [1.82, 2.24) is 4.90 Å². The average Bonchev–Trinajstić information content (AvgIpc) is 2.37. The number of hydrogen-bond acceptors (Lipinski definition) is 3. The highest BCUT2D eigenvalue weighted by molar-refractivity contribution is 7.99. The Hall–Kier alpha value is -1.64. The Morgan fingerprint density at radius 3 is 2.80 bits per heavy atom. The van der Waals surface area contributed by atoms with Crippen LogP contribution in [0.2, 0.25) is 5.02 Å². The van der Waals surface area contributed by atoms with E-state index in [2.05, 4.69) is 5.92 Å². The van der Waals surface area contributed by atoms with Gasteiger partial charge in [-0.3, -0.25) is 9.59 Å². The molecule has 0 spiro atoms. The van der Waals surface area contributed by atoms with E-state index < -0.39 is 5.97 Å². The standard InChI is InChI=1S/C14H14ClNO3S/c1-2-6-16(8-14(18)19)13(17)10-20-9-11-4-3-5-12(15)7-11/h1,3-5,7H,6,8-10H2,(H,18,19). The molecule has 1 aromatic rings. The van der Waals surface area contributed by atoms with Crippen molar-refractivity contribution in [2.75, 3.05) is 18.8 Å². The summed E-state index contributed by atoms with van der Waals surface area (Å²) in [5.74, 6) is 1.74. The van der Waals surface area contributed by atoms with Gasteiger partial charge in [-0.2, -0.15) is 0 Å². The fourth-order valence-electron chi connectivity index (χ4n) is 1.48. The van der Waals surface area contributed by atoms with Gasteiger partial charge in [-0.25, -0.2) is 0 Å². The number of halogens is 1. The first-order valence-corrected chi connectivity index (χ1v) is 7.31. The lowest BCUT2D eigenvalue weighted by molar-refractivity contribution is -0.143. The molecule has 1 amide bonds. The molecular formula is C14H14ClNO3S. The smallest absolute Gasteiger partial charge is 0.323 e. The molecule has 1 aromatic carbocycles. The fraction of sp³-hybridized carbons (Fsp3) is 0.286. The van der Waals surface area contributed by atoms with E-state index in [1.54, 1.807) is 6.07 Å². The van der Waals surface area contributed by atoms with Gasteiger partial charge in [-0.1, -0.05) is 29.7 Å². The van der Waals surface area contributed by atoms with Crippen LogP contribution >= 0.6 is 23.4 Å². The van der Waals surface area contributed by atoms with E-state index in [-0.39, 0.29) is 24.7 Å². The highest BCUT2D eigenvalue weighted by Crippen LogP contribution is 2.16. The summed E-state index contributed by atoms with van der Waals surface area (Å²) in [7, 11) is 0. The summed E-state index contributed by atoms with van der Waals surface area (Å²) in [6.45, 7) is -0.371. The summed E-state index contributed by atoms with van der Waals surface area (Å²) in [4.78, 5) is 23.6. The molecule has 0 fully saturated rings. The molecular weight excluding hydrogens is 298 g/mol. The summed E-state index contributed by atoms with van der Waals surface area (Å²) < 4.78 is 0. The maximum atomic E-state index is 11.8. The fourth-order valence-corrected chi connectivity index (χ4v) is 2.57. The lowest BCUT2D eigenvalue weighted by Gasteiger charge is -2.17. The molecule has 0 radical (unpaired) electrons. The Labute approximate surface area is 127 Å². The molecule has 0 saturated heterocycles. The minimum Gasteiger partial charge on any atom is -0.480 e. The number of carboxylic acid groups (broad SMARTS) is 1. The van der Waals surface area contributed by atoms with Crippen molar-refractivity contribution in [2.45, 2.75) is 5.75 Å². The Kier molecular flexibility index (Phi) is 6.99. The van der Waals surface area contributed by atoms with E-state index >= 15 is 0 Å². The molecule has 0 atom stereocenters. The Bertz CT molecular complexity index is 527. The van der Waals surface area contributed by atoms with Gasteiger partial charge in [-0.15, -0.1) is 18.2 Å². The van der Waals surface area contributed by atoms with Crippen LogP contribution in [-0.4, -0.2) is 40.7 Å². The number of hydrogen-bond donors (Lipinski definition) is 1. The van der Waals surface area contributed by atoms with Gasteiger partial charge in [0.05, 0.1) is 12.3 Å². The summed E-state index contributed by atoms with van der Waals surface area (Å²) in [6.07, 6.45) is 5.12. The van der Waals surface area contributed by atoms with Gasteiger partial charge in [0.15, 0.2) is 0 Å². The number of carbonyl (C=O) groups excluding carboxylic acids is 1. The van der Waals surface area contributed by atoms with E-state index in [9.17, 15) is 9.59 Å². The summed E-state index contributed by atoms with van der Waals surface area (Å²) in [5, 5.41) is 9.36. The van der Waals surface area contributed by atoms with E-state index in [1.807, 2.05) is 18.2 Å². The van der Waals surface area contributed by atoms with Crippen molar-refractivity contribution in [3.8, 4) is 12.3 Å². The largest absolute Gasteiger partial charge is 0.480 e. The molecule has 1 rings (SSSR count). The van der Waals surface area contributed by atoms with Gasteiger partial charge in [0.1, 0.15) is 6.54 Å². The molecule has 0 aliphatic carbocycles. The number of nitrogens with zero attached hydrogens (tertiary/aromatic N) is 1. The Balaban J connectivity index is 2.45. The third kappa shape index (κ3) is 6.00. The van der Waals surface area contributed by atoms with Gasteiger partial charge in [0.2, 0.25) is 5.91 Å². The molecule has 20 heavy (non-hydrogen) atoms. The number of benzene rings is 1. The molecule has 0 heterocycles. The average molecular weight is 312 g/mol. The molecule has 106 valence electrons. The SMILES string of the molecule is C#CCN(CC(=O)O)C(=O)CSCc1cccc(Cl)c1. The second-order valence-electron chi connectivity index (χ2n) is 3.97. The first kappa shape index (κ1) is 16.4. The van der Waals surface area contributed by atoms with Crippen molar-refractivity contribution in [1.29, 1.82) is 0 Å². The van der Waals surface area contributed by atoms with E-state index in [1.165, 1.54) is 11.8 Å². The number of aliphatic carboxylic acids is 1. The first-order chi connectivity index (χ1) is 9.52. The molecule has 1 N–H and O–H groups in total. The molecule has 0 aliphatic rings. The van der Waals surface area contributed by atoms with Gasteiger partial charge in [-0.05, 0) is 17.7 Å². The van der Waals surface area contributed by atoms with E-state index in [0.717, 1.165) is 10.5 Å². The van der Waals surface area contributed by atoms with Crippen molar-refractivity contribution >= 4 is 35.2 Å². The molecule has 0 saturated carbocycles. The molecule has 0 aromatic heterocycles. The quantitative estimate of drug-likeness (QED) is 0.784. The second-order valence-corrected chi connectivity index (χ2v) is 5.39. The van der Waals surface area contributed by atoms with Crippen LogP contribution in [0.3, 0.4) is 0 Å². The lowest BCUT2D eigenvalue weighted by Crippen LogP contribution is -2.37. The highest BCUT2D eigenvalue weighted by atomic mass is 35.5. The van der Waals surface area contributed by atoms with Crippen molar-refractivity contribution in [3.05, 3.63) is 34.9 Å². The number of carbonyl (C=O) groups is 2. The number of terminal acetylenes is 1. The summed E-state index contributed by atoms with van der Waals surface area (Å²) in [5.41, 5.74) is 1.01. The van der Waals surface area contributed by atoms with E-state index in [0.29, 0.717) is 10.8 Å². The summed E-state index contributed by atoms with van der Waals surface area (Å²) >= 11 is 7.26. The van der Waals surface area contributed by atoms with E-state index in [4.69, 9.17) is 23.1 Å². The first-order valence-electron chi connectivity index (χ1n) is 5.78. The predicted molar refractivity (Wildman–Crippen MR) is 80.7 cm³/mol. The van der Waals surface area contributed by atoms with Gasteiger partial charge < -0.3 is 10.0 Å². The molecule has 0 aliphatic heterocycles. The van der Waals surface area contributed by atoms with Crippen molar-refractivity contribution in [2.24, 2.45) is 0 Å². The molecule has 0 bridgehead atoms. The molecule has 6 heteroatoms. The Morgan fingerprint density at radius 1 is 1.45 bits per heavy atom. The second kappa shape index (κ2) is 8.51.